The second-order valence-corrected chi connectivity index (χ2v) is 4.49. The van der Waals surface area contributed by atoms with Crippen LogP contribution in [0.5, 0.6) is 0 Å². The van der Waals surface area contributed by atoms with Gasteiger partial charge in [-0.2, -0.15) is 10.2 Å². The first-order chi connectivity index (χ1) is 11.6. The van der Waals surface area contributed by atoms with E-state index in [1.165, 1.54) is 0 Å². The van der Waals surface area contributed by atoms with Gasteiger partial charge in [-0.1, -0.05) is 36.4 Å². The first-order valence-electron chi connectivity index (χ1n) is 6.82. The van der Waals surface area contributed by atoms with E-state index in [2.05, 4.69) is 21.1 Å². The summed E-state index contributed by atoms with van der Waals surface area (Å²) >= 11 is 0. The third-order valence-corrected chi connectivity index (χ3v) is 2.77. The summed E-state index contributed by atoms with van der Waals surface area (Å²) in [5, 5.41) is 25.7. The first-order valence-corrected chi connectivity index (χ1v) is 6.82. The Labute approximate surface area is 165 Å². The second kappa shape index (κ2) is 10.2. The van der Waals surface area contributed by atoms with Crippen molar-refractivity contribution >= 4 is 34.7 Å². The molecular formula is C16H14N4NaO4+. The topological polar surface area (TPSA) is 123 Å². The van der Waals surface area contributed by atoms with E-state index < -0.39 is 23.4 Å². The Hall–Kier alpha value is -2.68. The molecule has 0 aromatic heterocycles. The molecule has 8 nitrogen and oxygen atoms in total. The van der Waals surface area contributed by atoms with Gasteiger partial charge >= 0.3 is 41.5 Å². The summed E-state index contributed by atoms with van der Waals surface area (Å²) in [5.41, 5.74) is 4.56. The predicted octanol–water partition coefficient (Wildman–Crippen LogP) is -0.904. The zero-order valence-corrected chi connectivity index (χ0v) is 15.4. The van der Waals surface area contributed by atoms with Crippen molar-refractivity contribution in [2.24, 2.45) is 10.2 Å². The first kappa shape index (κ1) is 20.4. The van der Waals surface area contributed by atoms with E-state index in [0.29, 0.717) is 11.4 Å². The van der Waals surface area contributed by atoms with Crippen LogP contribution in [0.3, 0.4) is 0 Å². The number of aliphatic carboxylic acids is 2. The Bertz CT molecular complexity index is 712. The molecule has 2 rings (SSSR count). The third kappa shape index (κ3) is 6.38. The smallest absolute Gasteiger partial charge is 0.476 e. The predicted molar refractivity (Wildman–Crippen MR) is 90.3 cm³/mol. The molecule has 2 aromatic carbocycles. The minimum absolute atomic E-state index is 0. The number of carboxylic acids is 2. The van der Waals surface area contributed by atoms with Crippen molar-refractivity contribution in [2.45, 2.75) is 0 Å². The Kier molecular flexibility index (Phi) is 8.34. The number of anilines is 2. The van der Waals surface area contributed by atoms with Gasteiger partial charge in [0.1, 0.15) is 0 Å². The summed E-state index contributed by atoms with van der Waals surface area (Å²) in [7, 11) is 0. The number of hydrogen-bond acceptors (Lipinski definition) is 6. The monoisotopic (exact) mass is 349 g/mol. The molecule has 0 saturated carbocycles. The van der Waals surface area contributed by atoms with Crippen molar-refractivity contribution < 1.29 is 49.4 Å². The van der Waals surface area contributed by atoms with Gasteiger partial charge in [-0.25, -0.2) is 9.59 Å². The summed E-state index contributed by atoms with van der Waals surface area (Å²) in [4.78, 5) is 22.7. The van der Waals surface area contributed by atoms with Gasteiger partial charge in [0, 0.05) is 0 Å². The van der Waals surface area contributed by atoms with Crippen LogP contribution in [-0.4, -0.2) is 33.6 Å². The number of hydrazone groups is 2. The molecule has 0 radical (unpaired) electrons. The molecule has 25 heavy (non-hydrogen) atoms. The van der Waals surface area contributed by atoms with Gasteiger partial charge in [0.25, 0.3) is 0 Å². The number of nitrogens with zero attached hydrogens (tertiary/aromatic N) is 2. The number of nitrogens with one attached hydrogen (secondary N) is 2. The van der Waals surface area contributed by atoms with Gasteiger partial charge in [0.15, 0.2) is 0 Å². The Morgan fingerprint density at radius 3 is 1.28 bits per heavy atom. The number of carbonyl (C=O) groups is 2. The molecule has 0 aliphatic rings. The quantitative estimate of drug-likeness (QED) is 0.292. The largest absolute Gasteiger partial charge is 1.00 e. The number of benzene rings is 2. The van der Waals surface area contributed by atoms with Crippen LogP contribution >= 0.6 is 0 Å². The normalized spacial score (nSPS) is 11.2. The number of hydrogen-bond donors (Lipinski definition) is 4. The van der Waals surface area contributed by atoms with Gasteiger partial charge < -0.3 is 10.2 Å². The fourth-order valence-corrected chi connectivity index (χ4v) is 1.67. The second-order valence-electron chi connectivity index (χ2n) is 4.49. The van der Waals surface area contributed by atoms with Gasteiger partial charge in [0.2, 0.25) is 11.4 Å². The van der Waals surface area contributed by atoms with Gasteiger partial charge in [-0.05, 0) is 24.3 Å². The molecule has 4 N–H and O–H groups in total. The molecule has 122 valence electrons. The summed E-state index contributed by atoms with van der Waals surface area (Å²) in [6.07, 6.45) is 0. The van der Waals surface area contributed by atoms with Gasteiger partial charge in [0.05, 0.1) is 11.4 Å². The molecule has 0 bridgehead atoms. The molecule has 0 spiro atoms. The maximum atomic E-state index is 11.3. The van der Waals surface area contributed by atoms with Crippen LogP contribution in [0.25, 0.3) is 0 Å². The van der Waals surface area contributed by atoms with E-state index in [0.717, 1.165) is 0 Å². The van der Waals surface area contributed by atoms with E-state index in [4.69, 9.17) is 0 Å². The standard InChI is InChI=1S/C16H14N4O4.Na/c21-15(22)13(19-17-11-7-3-1-4-8-11)14(16(23)24)20-18-12-9-5-2-6-10-12;/h1-10,17-18H,(H,21,22)(H,23,24);/q;+1/b19-13-,20-14+;. The molecule has 0 saturated heterocycles. The van der Waals surface area contributed by atoms with Crippen molar-refractivity contribution in [3.05, 3.63) is 60.7 Å². The van der Waals surface area contributed by atoms with E-state index in [1.54, 1.807) is 60.7 Å². The third-order valence-electron chi connectivity index (χ3n) is 2.77. The fourth-order valence-electron chi connectivity index (χ4n) is 1.67. The maximum Gasteiger partial charge on any atom is 1.00 e. The van der Waals surface area contributed by atoms with Gasteiger partial charge in [-0.3, -0.25) is 10.9 Å². The van der Waals surface area contributed by atoms with Crippen LogP contribution < -0.4 is 40.4 Å². The number of para-hydroxylation sites is 2. The van der Waals surface area contributed by atoms with Crippen molar-refractivity contribution in [2.75, 3.05) is 10.9 Å². The SMILES string of the molecule is O=C(O)C(=N\Nc1ccccc1)/C(=N\Nc1ccccc1)C(=O)O.[Na+]. The van der Waals surface area contributed by atoms with E-state index in [-0.39, 0.29) is 29.6 Å². The van der Waals surface area contributed by atoms with Crippen LogP contribution in [0.1, 0.15) is 0 Å². The van der Waals surface area contributed by atoms with Crippen molar-refractivity contribution in [1.29, 1.82) is 0 Å². The fraction of sp³-hybridized carbons (Fsp3) is 0. The molecule has 0 fully saturated rings. The Balaban J connectivity index is 0.00000312. The molecule has 0 heterocycles. The van der Waals surface area contributed by atoms with Crippen molar-refractivity contribution in [3.63, 3.8) is 0 Å². The summed E-state index contributed by atoms with van der Waals surface area (Å²) in [5.74, 6) is -3.04. The zero-order chi connectivity index (χ0) is 17.4. The average molecular weight is 349 g/mol. The summed E-state index contributed by atoms with van der Waals surface area (Å²) in [6, 6.07) is 17.1. The van der Waals surface area contributed by atoms with Crippen LogP contribution in [0.4, 0.5) is 11.4 Å². The zero-order valence-electron chi connectivity index (χ0n) is 13.4. The number of rotatable bonds is 7. The van der Waals surface area contributed by atoms with Crippen LogP contribution in [0.2, 0.25) is 0 Å². The minimum atomic E-state index is -1.52. The van der Waals surface area contributed by atoms with Crippen molar-refractivity contribution in [3.8, 4) is 0 Å². The van der Waals surface area contributed by atoms with Crippen molar-refractivity contribution in [1.82, 2.24) is 0 Å². The summed E-state index contributed by atoms with van der Waals surface area (Å²) in [6.45, 7) is 0. The molecule has 0 aliphatic carbocycles. The molecule has 9 heteroatoms. The molecule has 2 aromatic rings. The van der Waals surface area contributed by atoms with Crippen LogP contribution in [0.15, 0.2) is 70.9 Å². The number of carboxylic acid groups (broad SMARTS) is 2. The Morgan fingerprint density at radius 1 is 0.680 bits per heavy atom. The van der Waals surface area contributed by atoms with E-state index in [9.17, 15) is 19.8 Å². The van der Waals surface area contributed by atoms with Gasteiger partial charge in [-0.15, -0.1) is 0 Å². The van der Waals surface area contributed by atoms with Crippen LogP contribution in [0, 0.1) is 0 Å². The summed E-state index contributed by atoms with van der Waals surface area (Å²) < 4.78 is 0. The van der Waals surface area contributed by atoms with E-state index >= 15 is 0 Å². The average Bonchev–Trinajstić information content (AvgIpc) is 2.59. The molecule has 0 unspecified atom stereocenters. The Morgan fingerprint density at radius 2 is 1.00 bits per heavy atom. The van der Waals surface area contributed by atoms with Crippen LogP contribution in [-0.2, 0) is 9.59 Å². The molecule has 0 atom stereocenters. The maximum absolute atomic E-state index is 11.3. The van der Waals surface area contributed by atoms with E-state index in [1.807, 2.05) is 0 Å². The molecule has 0 amide bonds. The molecule has 0 aliphatic heterocycles. The molecular weight excluding hydrogens is 335 g/mol. The minimum Gasteiger partial charge on any atom is -0.476 e.